The average molecular weight is 904 g/mol. The number of anilines is 3. The lowest BCUT2D eigenvalue weighted by molar-refractivity contribution is 0.552. The molecule has 0 N–H and O–H groups in total. The molecule has 3 aromatic heterocycles. The fraction of sp³-hybridized carbons (Fsp3) is 0.312. The molecule has 0 unspecified atom stereocenters. The first-order chi connectivity index (χ1) is 32.4. The van der Waals surface area contributed by atoms with Crippen LogP contribution in [-0.2, 0) is 27.1 Å². The maximum Gasteiger partial charge on any atom is 0.337 e. The number of benzene rings is 7. The number of para-hydroxylation sites is 2. The van der Waals surface area contributed by atoms with Crippen LogP contribution in [0.3, 0.4) is 0 Å². The van der Waals surface area contributed by atoms with Gasteiger partial charge < -0.3 is 13.5 Å². The highest BCUT2D eigenvalue weighted by Crippen LogP contribution is 2.51. The van der Waals surface area contributed by atoms with E-state index in [9.17, 15) is 0 Å². The van der Waals surface area contributed by atoms with E-state index in [1.54, 1.807) is 0 Å². The Bertz CT molecular complexity index is 3790. The third-order valence-corrected chi connectivity index (χ3v) is 15.6. The summed E-state index contributed by atoms with van der Waals surface area (Å²) in [6.07, 6.45) is 0. The molecule has 0 spiro atoms. The molecule has 2 aliphatic heterocycles. The van der Waals surface area contributed by atoms with Crippen molar-refractivity contribution in [1.82, 2.24) is 9.05 Å². The second kappa shape index (κ2) is 14.1. The first-order valence-electron chi connectivity index (χ1n) is 25.2. The largest absolute Gasteiger partial charge is 0.440 e. The van der Waals surface area contributed by atoms with E-state index in [1.165, 1.54) is 110 Å². The molecule has 12 rings (SSSR count). The standard InChI is InChI=1S/C64H66BN3O/c1-60(2,3)37-25-27-42(28-26-37)67-54-34-40(63(10,11)12)29-46-48-31-38(61(4,5)6)30-47-45-35-52-44(43-23-19-20-24-51(43)66(52)41-21-17-16-18-22-41)36-53(45)68(57(47)48)65(55(46)54)56-49-32-39(62(7,8)9)33-50(64(13,14)15)58(49)69-59(56)67/h16-36H,1-15H3. The van der Waals surface area contributed by atoms with Gasteiger partial charge >= 0.3 is 6.85 Å². The van der Waals surface area contributed by atoms with Gasteiger partial charge in [-0.05, 0) is 127 Å². The van der Waals surface area contributed by atoms with Crippen LogP contribution < -0.4 is 15.8 Å². The summed E-state index contributed by atoms with van der Waals surface area (Å²) in [5.41, 5.74) is 20.7. The summed E-state index contributed by atoms with van der Waals surface area (Å²) < 4.78 is 12.9. The Labute approximate surface area is 409 Å². The van der Waals surface area contributed by atoms with Gasteiger partial charge in [0.1, 0.15) is 5.58 Å². The van der Waals surface area contributed by atoms with E-state index < -0.39 is 0 Å². The van der Waals surface area contributed by atoms with E-state index >= 15 is 0 Å². The van der Waals surface area contributed by atoms with Crippen molar-refractivity contribution in [2.45, 2.75) is 131 Å². The minimum atomic E-state index is -0.179. The van der Waals surface area contributed by atoms with Crippen LogP contribution in [0.1, 0.15) is 132 Å². The van der Waals surface area contributed by atoms with Crippen LogP contribution in [-0.4, -0.2) is 15.9 Å². The van der Waals surface area contributed by atoms with Gasteiger partial charge in [0.05, 0.1) is 11.0 Å². The van der Waals surface area contributed by atoms with Crippen molar-refractivity contribution in [2.75, 3.05) is 4.90 Å². The number of nitrogens with zero attached hydrogens (tertiary/aromatic N) is 3. The number of fused-ring (bicyclic) bond motifs is 12. The van der Waals surface area contributed by atoms with Crippen LogP contribution in [0.4, 0.5) is 17.3 Å². The average Bonchev–Trinajstić information content (AvgIpc) is 3.93. The van der Waals surface area contributed by atoms with Gasteiger partial charge in [0.15, 0.2) is 0 Å². The van der Waals surface area contributed by atoms with Gasteiger partial charge in [-0.15, -0.1) is 0 Å². The van der Waals surface area contributed by atoms with Crippen molar-refractivity contribution in [2.24, 2.45) is 0 Å². The van der Waals surface area contributed by atoms with Crippen molar-refractivity contribution >= 4 is 89.6 Å². The van der Waals surface area contributed by atoms with Crippen LogP contribution >= 0.6 is 0 Å². The fourth-order valence-electron chi connectivity index (χ4n) is 11.7. The molecule has 2 aliphatic rings. The normalized spacial score (nSPS) is 14.2. The SMILES string of the molecule is CC(C)(C)c1ccc(N2c3cc(C(C)(C)C)cc4c3B(c3c2oc2c(C(C)(C)C)cc(C(C)(C)C)cc32)n2c3cc5c6ccccc6n(-c6ccccc6)c5cc3c3cc(C(C)(C)C)cc-4c32)cc1. The molecule has 5 heteroatoms. The highest BCUT2D eigenvalue weighted by Gasteiger charge is 2.48. The summed E-state index contributed by atoms with van der Waals surface area (Å²) in [5.74, 6) is 0.908. The number of furan rings is 1. The third-order valence-electron chi connectivity index (χ3n) is 15.6. The van der Waals surface area contributed by atoms with Crippen molar-refractivity contribution in [3.05, 3.63) is 155 Å². The van der Waals surface area contributed by atoms with Crippen molar-refractivity contribution < 1.29 is 4.42 Å². The predicted octanol–water partition coefficient (Wildman–Crippen LogP) is 16.5. The highest BCUT2D eigenvalue weighted by atomic mass is 16.4. The molecule has 0 amide bonds. The molecule has 0 bridgehead atoms. The third kappa shape index (κ3) is 6.41. The molecule has 7 aromatic carbocycles. The van der Waals surface area contributed by atoms with Gasteiger partial charge in [-0.25, -0.2) is 0 Å². The first kappa shape index (κ1) is 43.8. The van der Waals surface area contributed by atoms with Crippen LogP contribution in [0.2, 0.25) is 0 Å². The fourth-order valence-corrected chi connectivity index (χ4v) is 11.7. The van der Waals surface area contributed by atoms with Gasteiger partial charge in [-0.3, -0.25) is 4.90 Å². The Morgan fingerprint density at radius 3 is 1.62 bits per heavy atom. The lowest BCUT2D eigenvalue weighted by Crippen LogP contribution is -2.56. The molecule has 0 saturated carbocycles. The maximum atomic E-state index is 7.68. The van der Waals surface area contributed by atoms with Gasteiger partial charge in [-0.1, -0.05) is 165 Å². The summed E-state index contributed by atoms with van der Waals surface area (Å²) in [5, 5.41) is 6.28. The Hall–Kier alpha value is -6.46. The van der Waals surface area contributed by atoms with Crippen LogP contribution in [0, 0.1) is 0 Å². The lowest BCUT2D eigenvalue weighted by Gasteiger charge is -2.39. The molecule has 0 radical (unpaired) electrons. The second-order valence-corrected chi connectivity index (χ2v) is 25.6. The van der Waals surface area contributed by atoms with E-state index in [0.29, 0.717) is 0 Å². The molecular weight excluding hydrogens is 838 g/mol. The molecule has 0 saturated heterocycles. The summed E-state index contributed by atoms with van der Waals surface area (Å²) in [6, 6.07) is 49.2. The topological polar surface area (TPSA) is 26.2 Å². The molecule has 10 aromatic rings. The maximum absolute atomic E-state index is 7.68. The van der Waals surface area contributed by atoms with Gasteiger partial charge in [0.25, 0.3) is 0 Å². The van der Waals surface area contributed by atoms with Gasteiger partial charge in [0, 0.05) is 71.6 Å². The van der Waals surface area contributed by atoms with E-state index in [0.717, 1.165) is 17.2 Å². The van der Waals surface area contributed by atoms with E-state index in [4.69, 9.17) is 4.42 Å². The van der Waals surface area contributed by atoms with Crippen molar-refractivity contribution in [1.29, 1.82) is 0 Å². The van der Waals surface area contributed by atoms with Crippen LogP contribution in [0.15, 0.2) is 132 Å². The zero-order valence-electron chi connectivity index (χ0n) is 43.5. The summed E-state index contributed by atoms with van der Waals surface area (Å²) >= 11 is 0. The summed E-state index contributed by atoms with van der Waals surface area (Å²) in [7, 11) is 0. The molecule has 0 atom stereocenters. The zero-order chi connectivity index (χ0) is 48.6. The minimum Gasteiger partial charge on any atom is -0.440 e. The molecular formula is C64H66BN3O. The molecule has 0 fully saturated rings. The van der Waals surface area contributed by atoms with E-state index in [1.807, 2.05) is 0 Å². The summed E-state index contributed by atoms with van der Waals surface area (Å²) in [6.45, 7) is 35.0. The number of aromatic nitrogens is 2. The zero-order valence-corrected chi connectivity index (χ0v) is 43.5. The van der Waals surface area contributed by atoms with Gasteiger partial charge in [-0.2, -0.15) is 0 Å². The Balaban J connectivity index is 1.31. The Morgan fingerprint density at radius 1 is 0.406 bits per heavy atom. The highest BCUT2D eigenvalue weighted by molar-refractivity contribution is 6.91. The molecule has 5 heterocycles. The minimum absolute atomic E-state index is 0.0144. The van der Waals surface area contributed by atoms with E-state index in [-0.39, 0.29) is 33.9 Å². The molecule has 0 aliphatic carbocycles. The summed E-state index contributed by atoms with van der Waals surface area (Å²) in [4.78, 5) is 2.49. The Kier molecular flexibility index (Phi) is 8.94. The molecule has 346 valence electrons. The lowest BCUT2D eigenvalue weighted by atomic mass is 9.45. The predicted molar refractivity (Wildman–Crippen MR) is 298 cm³/mol. The Morgan fingerprint density at radius 2 is 0.971 bits per heavy atom. The van der Waals surface area contributed by atoms with Crippen molar-refractivity contribution in [3.63, 3.8) is 0 Å². The molecule has 69 heavy (non-hydrogen) atoms. The van der Waals surface area contributed by atoms with E-state index in [2.05, 4.69) is 245 Å². The first-order valence-corrected chi connectivity index (χ1v) is 25.2. The quantitative estimate of drug-likeness (QED) is 0.162. The number of rotatable bonds is 2. The monoisotopic (exact) mass is 904 g/mol. The smallest absolute Gasteiger partial charge is 0.337 e. The van der Waals surface area contributed by atoms with Crippen LogP contribution in [0.25, 0.3) is 71.4 Å². The number of hydrogen-bond acceptors (Lipinski definition) is 2. The second-order valence-electron chi connectivity index (χ2n) is 25.6. The van der Waals surface area contributed by atoms with Gasteiger partial charge in [0.2, 0.25) is 5.88 Å². The molecule has 4 nitrogen and oxygen atoms in total. The van der Waals surface area contributed by atoms with Crippen LogP contribution in [0.5, 0.6) is 0 Å². The number of hydrogen-bond donors (Lipinski definition) is 0. The van der Waals surface area contributed by atoms with Crippen molar-refractivity contribution in [3.8, 4) is 16.8 Å².